The summed E-state index contributed by atoms with van der Waals surface area (Å²) in [6.07, 6.45) is 12.5. The summed E-state index contributed by atoms with van der Waals surface area (Å²) in [5.41, 5.74) is 3.32. The smallest absolute Gasteiger partial charge is 0.336 e. The molecule has 2 aromatic heterocycles. The minimum Gasteiger partial charge on any atom is -0.478 e. The SMILES string of the molecule is COC(=O)C1=C(C2CCCCC2)NC(C2CCCCC2)=C(C(=O)O)C1c1csc2ncccc12. The lowest BCUT2D eigenvalue weighted by molar-refractivity contribution is -0.136. The summed E-state index contributed by atoms with van der Waals surface area (Å²) in [6.45, 7) is 0. The Labute approximate surface area is 204 Å². The summed E-state index contributed by atoms with van der Waals surface area (Å²) in [5, 5.41) is 17.1. The number of nitrogens with one attached hydrogen (secondary N) is 1. The predicted octanol–water partition coefficient (Wildman–Crippen LogP) is 5.91. The number of ether oxygens (including phenoxy) is 1. The maximum absolute atomic E-state index is 13.4. The monoisotopic (exact) mass is 480 g/mol. The van der Waals surface area contributed by atoms with E-state index in [4.69, 9.17) is 4.74 Å². The van der Waals surface area contributed by atoms with E-state index in [1.54, 1.807) is 6.20 Å². The summed E-state index contributed by atoms with van der Waals surface area (Å²) < 4.78 is 5.30. The van der Waals surface area contributed by atoms with Gasteiger partial charge in [0.1, 0.15) is 4.83 Å². The number of rotatable bonds is 5. The van der Waals surface area contributed by atoms with Crippen LogP contribution in [0.3, 0.4) is 0 Å². The minimum absolute atomic E-state index is 0.170. The van der Waals surface area contributed by atoms with Gasteiger partial charge in [-0.3, -0.25) is 0 Å². The highest BCUT2D eigenvalue weighted by molar-refractivity contribution is 7.16. The molecule has 3 aliphatic rings. The number of aliphatic carboxylic acids is 1. The highest BCUT2D eigenvalue weighted by atomic mass is 32.1. The Balaban J connectivity index is 1.76. The number of dihydropyridines is 1. The molecule has 0 saturated heterocycles. The second kappa shape index (κ2) is 9.90. The van der Waals surface area contributed by atoms with Crippen LogP contribution in [0.2, 0.25) is 0 Å². The van der Waals surface area contributed by atoms with Crippen LogP contribution < -0.4 is 5.32 Å². The van der Waals surface area contributed by atoms with Gasteiger partial charge in [-0.05, 0) is 54.5 Å². The van der Waals surface area contributed by atoms with Crippen LogP contribution in [0.1, 0.15) is 75.7 Å². The number of nitrogens with zero attached hydrogens (tertiary/aromatic N) is 1. The molecule has 34 heavy (non-hydrogen) atoms. The zero-order valence-electron chi connectivity index (χ0n) is 19.6. The van der Waals surface area contributed by atoms with Gasteiger partial charge < -0.3 is 15.2 Å². The fourth-order valence-electron chi connectivity index (χ4n) is 6.16. The zero-order chi connectivity index (χ0) is 23.7. The van der Waals surface area contributed by atoms with Crippen LogP contribution in [-0.2, 0) is 14.3 Å². The molecule has 2 aliphatic carbocycles. The highest BCUT2D eigenvalue weighted by Gasteiger charge is 2.43. The first kappa shape index (κ1) is 23.1. The Hall–Kier alpha value is -2.67. The third-order valence-electron chi connectivity index (χ3n) is 7.78. The van der Waals surface area contributed by atoms with Crippen LogP contribution >= 0.6 is 11.3 Å². The van der Waals surface area contributed by atoms with Gasteiger partial charge in [0.25, 0.3) is 0 Å². The molecule has 2 aromatic rings. The summed E-state index contributed by atoms with van der Waals surface area (Å²) in [6, 6.07) is 3.85. The molecule has 0 aromatic carbocycles. The maximum Gasteiger partial charge on any atom is 0.336 e. The number of carboxylic acids is 1. The lowest BCUT2D eigenvalue weighted by Gasteiger charge is -2.39. The van der Waals surface area contributed by atoms with E-state index in [1.165, 1.54) is 31.3 Å². The van der Waals surface area contributed by atoms with Gasteiger partial charge in [0, 0.05) is 23.0 Å². The summed E-state index contributed by atoms with van der Waals surface area (Å²) in [4.78, 5) is 31.6. The number of carboxylic acid groups (broad SMARTS) is 1. The minimum atomic E-state index is -0.967. The number of thiophene rings is 1. The number of hydrogen-bond acceptors (Lipinski definition) is 6. The molecule has 180 valence electrons. The molecule has 2 saturated carbocycles. The van der Waals surface area contributed by atoms with Crippen molar-refractivity contribution in [2.45, 2.75) is 70.1 Å². The van der Waals surface area contributed by atoms with Crippen LogP contribution in [0, 0.1) is 11.8 Å². The summed E-state index contributed by atoms with van der Waals surface area (Å²) in [7, 11) is 1.39. The number of esters is 1. The van der Waals surface area contributed by atoms with Gasteiger partial charge >= 0.3 is 11.9 Å². The van der Waals surface area contributed by atoms with Crippen molar-refractivity contribution in [3.8, 4) is 0 Å². The molecule has 0 amide bonds. The van der Waals surface area contributed by atoms with Crippen molar-refractivity contribution >= 4 is 33.5 Å². The quantitative estimate of drug-likeness (QED) is 0.517. The molecular weight excluding hydrogens is 448 g/mol. The second-order valence-corrected chi connectivity index (χ2v) is 10.6. The van der Waals surface area contributed by atoms with Gasteiger partial charge in [0.2, 0.25) is 0 Å². The number of aromatic nitrogens is 1. The molecule has 2 N–H and O–H groups in total. The molecule has 1 aliphatic heterocycles. The predicted molar refractivity (Wildman–Crippen MR) is 132 cm³/mol. The van der Waals surface area contributed by atoms with Crippen molar-refractivity contribution in [2.24, 2.45) is 11.8 Å². The first-order chi connectivity index (χ1) is 16.6. The number of allylic oxidation sites excluding steroid dienone is 2. The van der Waals surface area contributed by atoms with Gasteiger partial charge in [0.05, 0.1) is 24.2 Å². The van der Waals surface area contributed by atoms with Crippen LogP contribution in [-0.4, -0.2) is 29.1 Å². The van der Waals surface area contributed by atoms with Crippen LogP contribution in [0.25, 0.3) is 10.2 Å². The number of pyridine rings is 1. The third kappa shape index (κ3) is 4.15. The Kier molecular flexibility index (Phi) is 6.73. The molecule has 0 radical (unpaired) electrons. The van der Waals surface area contributed by atoms with E-state index < -0.39 is 17.9 Å². The summed E-state index contributed by atoms with van der Waals surface area (Å²) in [5.74, 6) is -1.70. The third-order valence-corrected chi connectivity index (χ3v) is 8.70. The molecule has 7 heteroatoms. The van der Waals surface area contributed by atoms with Crippen LogP contribution in [0.5, 0.6) is 0 Å². The Morgan fingerprint density at radius 3 is 2.21 bits per heavy atom. The first-order valence-corrected chi connectivity index (χ1v) is 13.4. The molecule has 1 atom stereocenters. The van der Waals surface area contributed by atoms with E-state index in [9.17, 15) is 14.7 Å². The molecule has 6 nitrogen and oxygen atoms in total. The molecular formula is C27H32N2O4S. The van der Waals surface area contributed by atoms with Crippen molar-refractivity contribution in [1.82, 2.24) is 10.3 Å². The van der Waals surface area contributed by atoms with Gasteiger partial charge in [-0.15, -0.1) is 11.3 Å². The van der Waals surface area contributed by atoms with Gasteiger partial charge in [0.15, 0.2) is 0 Å². The molecule has 5 rings (SSSR count). The molecule has 2 fully saturated rings. The Morgan fingerprint density at radius 1 is 1.00 bits per heavy atom. The fourth-order valence-corrected chi connectivity index (χ4v) is 7.10. The van der Waals surface area contributed by atoms with E-state index in [2.05, 4.69) is 10.3 Å². The Morgan fingerprint density at radius 2 is 1.62 bits per heavy atom. The normalized spacial score (nSPS) is 22.7. The van der Waals surface area contributed by atoms with Crippen LogP contribution in [0.15, 0.2) is 46.2 Å². The van der Waals surface area contributed by atoms with E-state index in [0.717, 1.165) is 78.5 Å². The maximum atomic E-state index is 13.4. The van der Waals surface area contributed by atoms with Crippen molar-refractivity contribution in [2.75, 3.05) is 7.11 Å². The fraction of sp³-hybridized carbons (Fsp3) is 0.519. The Bertz CT molecular complexity index is 1150. The van der Waals surface area contributed by atoms with Crippen molar-refractivity contribution in [3.63, 3.8) is 0 Å². The molecule has 3 heterocycles. The average Bonchev–Trinajstić information content (AvgIpc) is 3.32. The van der Waals surface area contributed by atoms with Gasteiger partial charge in [-0.2, -0.15) is 0 Å². The number of hydrogen-bond donors (Lipinski definition) is 2. The molecule has 0 bridgehead atoms. The lowest BCUT2D eigenvalue weighted by Crippen LogP contribution is -2.39. The van der Waals surface area contributed by atoms with Crippen LogP contribution in [0.4, 0.5) is 0 Å². The second-order valence-electron chi connectivity index (χ2n) is 9.73. The van der Waals surface area contributed by atoms with Gasteiger partial charge in [-0.25, -0.2) is 14.6 Å². The van der Waals surface area contributed by atoms with Crippen molar-refractivity contribution in [3.05, 3.63) is 51.8 Å². The number of methoxy groups -OCH3 is 1. The average molecular weight is 481 g/mol. The highest BCUT2D eigenvalue weighted by Crippen LogP contribution is 2.48. The van der Waals surface area contributed by atoms with E-state index in [-0.39, 0.29) is 11.8 Å². The molecule has 0 spiro atoms. The lowest BCUT2D eigenvalue weighted by atomic mass is 9.72. The number of carbonyl (C=O) groups is 2. The topological polar surface area (TPSA) is 88.5 Å². The van der Waals surface area contributed by atoms with Crippen molar-refractivity contribution in [1.29, 1.82) is 0 Å². The van der Waals surface area contributed by atoms with Gasteiger partial charge in [-0.1, -0.05) is 44.6 Å². The number of carbonyl (C=O) groups excluding carboxylic acids is 1. The van der Waals surface area contributed by atoms with Crippen molar-refractivity contribution < 1.29 is 19.4 Å². The van der Waals surface area contributed by atoms with E-state index >= 15 is 0 Å². The summed E-state index contributed by atoms with van der Waals surface area (Å²) >= 11 is 1.49. The molecule has 1 unspecified atom stereocenters. The first-order valence-electron chi connectivity index (χ1n) is 12.5. The van der Waals surface area contributed by atoms with E-state index in [0.29, 0.717) is 11.1 Å². The largest absolute Gasteiger partial charge is 0.478 e. The number of fused-ring (bicyclic) bond motifs is 1. The standard InChI is InChI=1S/C27H32N2O4S/c1-33-27(32)22-20(19-15-34-25-18(19)13-8-14-28-25)21(26(30)31)23(16-9-4-2-5-10-16)29-24(22)17-11-6-3-7-12-17/h8,13-17,20,29H,2-7,9-12H2,1H3,(H,30,31). The van der Waals surface area contributed by atoms with E-state index in [1.807, 2.05) is 17.5 Å². The zero-order valence-corrected chi connectivity index (χ0v) is 20.5.